The lowest BCUT2D eigenvalue weighted by Crippen LogP contribution is -2.13. The van der Waals surface area contributed by atoms with Crippen LogP contribution in [0.3, 0.4) is 0 Å². The number of methoxy groups -OCH3 is 1. The average molecular weight is 294 g/mol. The molecular weight excluding hydrogens is 278 g/mol. The minimum absolute atomic E-state index is 0.231. The average Bonchev–Trinajstić information content (AvgIpc) is 2.47. The van der Waals surface area contributed by atoms with Crippen LogP contribution in [0.1, 0.15) is 5.56 Å². The van der Waals surface area contributed by atoms with Gasteiger partial charge < -0.3 is 14.8 Å². The second-order valence-corrected chi connectivity index (χ2v) is 4.46. The molecule has 20 heavy (non-hydrogen) atoms. The summed E-state index contributed by atoms with van der Waals surface area (Å²) in [4.78, 5) is 8.01. The van der Waals surface area contributed by atoms with Gasteiger partial charge in [-0.05, 0) is 42.8 Å². The first-order chi connectivity index (χ1) is 9.69. The maximum absolute atomic E-state index is 5.75. The highest BCUT2D eigenvalue weighted by Crippen LogP contribution is 2.17. The molecule has 2 aromatic rings. The van der Waals surface area contributed by atoms with Gasteiger partial charge in [-0.3, -0.25) is 0 Å². The van der Waals surface area contributed by atoms with Crippen molar-refractivity contribution >= 4 is 17.4 Å². The van der Waals surface area contributed by atoms with E-state index in [1.165, 1.54) is 0 Å². The number of rotatable bonds is 6. The molecule has 1 aromatic heterocycles. The number of hydrogen-bond acceptors (Lipinski definition) is 5. The van der Waals surface area contributed by atoms with E-state index in [2.05, 4.69) is 15.3 Å². The molecule has 5 nitrogen and oxygen atoms in total. The van der Waals surface area contributed by atoms with Crippen LogP contribution in [0.2, 0.25) is 5.28 Å². The zero-order chi connectivity index (χ0) is 14.4. The smallest absolute Gasteiger partial charge is 0.224 e. The molecule has 1 N–H and O–H groups in total. The van der Waals surface area contributed by atoms with Crippen LogP contribution in [0, 0.1) is 6.92 Å². The Morgan fingerprint density at radius 3 is 2.60 bits per heavy atom. The fraction of sp³-hybridized carbons (Fsp3) is 0.286. The van der Waals surface area contributed by atoms with E-state index in [0.717, 1.165) is 22.9 Å². The summed E-state index contributed by atoms with van der Waals surface area (Å²) in [5, 5.41) is 3.39. The van der Waals surface area contributed by atoms with Crippen molar-refractivity contribution in [2.24, 2.45) is 0 Å². The van der Waals surface area contributed by atoms with Crippen molar-refractivity contribution in [2.45, 2.75) is 6.92 Å². The Bertz CT molecular complexity index is 561. The molecular formula is C14H16ClN3O2. The molecule has 0 radical (unpaired) electrons. The van der Waals surface area contributed by atoms with E-state index in [9.17, 15) is 0 Å². The molecule has 0 bridgehead atoms. The van der Waals surface area contributed by atoms with Gasteiger partial charge in [0.15, 0.2) is 0 Å². The van der Waals surface area contributed by atoms with Crippen molar-refractivity contribution in [1.29, 1.82) is 0 Å². The third-order valence-corrected chi connectivity index (χ3v) is 2.85. The van der Waals surface area contributed by atoms with Crippen LogP contribution in [-0.4, -0.2) is 30.2 Å². The van der Waals surface area contributed by atoms with Crippen LogP contribution in [0.4, 0.5) is 5.82 Å². The SMILES string of the molecule is COc1ccc(OCCNc2nc(Cl)ncc2C)cc1. The van der Waals surface area contributed by atoms with E-state index in [-0.39, 0.29) is 5.28 Å². The molecule has 0 saturated heterocycles. The second-order valence-electron chi connectivity index (χ2n) is 4.12. The predicted molar refractivity (Wildman–Crippen MR) is 78.8 cm³/mol. The maximum atomic E-state index is 5.75. The molecule has 0 atom stereocenters. The van der Waals surface area contributed by atoms with E-state index < -0.39 is 0 Å². The lowest BCUT2D eigenvalue weighted by molar-refractivity contribution is 0.331. The van der Waals surface area contributed by atoms with Crippen molar-refractivity contribution in [1.82, 2.24) is 9.97 Å². The first kappa shape index (κ1) is 14.4. The molecule has 0 aliphatic rings. The van der Waals surface area contributed by atoms with Crippen LogP contribution < -0.4 is 14.8 Å². The Morgan fingerprint density at radius 1 is 1.20 bits per heavy atom. The highest BCUT2D eigenvalue weighted by atomic mass is 35.5. The van der Waals surface area contributed by atoms with Crippen molar-refractivity contribution < 1.29 is 9.47 Å². The quantitative estimate of drug-likeness (QED) is 0.655. The van der Waals surface area contributed by atoms with Gasteiger partial charge in [0.1, 0.15) is 23.9 Å². The number of ether oxygens (including phenoxy) is 2. The van der Waals surface area contributed by atoms with E-state index in [0.29, 0.717) is 13.2 Å². The molecule has 0 spiro atoms. The van der Waals surface area contributed by atoms with Gasteiger partial charge in [-0.2, -0.15) is 0 Å². The largest absolute Gasteiger partial charge is 0.497 e. The number of halogens is 1. The van der Waals surface area contributed by atoms with Crippen molar-refractivity contribution in [2.75, 3.05) is 25.6 Å². The van der Waals surface area contributed by atoms with E-state index in [4.69, 9.17) is 21.1 Å². The molecule has 0 fully saturated rings. The number of hydrogen-bond donors (Lipinski definition) is 1. The Morgan fingerprint density at radius 2 is 1.90 bits per heavy atom. The van der Waals surface area contributed by atoms with Crippen LogP contribution in [0.5, 0.6) is 11.5 Å². The van der Waals surface area contributed by atoms with Gasteiger partial charge in [-0.25, -0.2) is 9.97 Å². The van der Waals surface area contributed by atoms with Gasteiger partial charge >= 0.3 is 0 Å². The molecule has 0 amide bonds. The summed E-state index contributed by atoms with van der Waals surface area (Å²) in [6.45, 7) is 3.07. The van der Waals surface area contributed by atoms with Gasteiger partial charge in [0.05, 0.1) is 13.7 Å². The van der Waals surface area contributed by atoms with E-state index >= 15 is 0 Å². The minimum Gasteiger partial charge on any atom is -0.497 e. The molecule has 0 aliphatic carbocycles. The van der Waals surface area contributed by atoms with Gasteiger partial charge in [-0.15, -0.1) is 0 Å². The van der Waals surface area contributed by atoms with Crippen molar-refractivity contribution in [3.63, 3.8) is 0 Å². The van der Waals surface area contributed by atoms with Crippen molar-refractivity contribution in [3.8, 4) is 11.5 Å². The zero-order valence-electron chi connectivity index (χ0n) is 11.4. The maximum Gasteiger partial charge on any atom is 0.224 e. The molecule has 1 aromatic carbocycles. The number of aryl methyl sites for hydroxylation is 1. The second kappa shape index (κ2) is 6.96. The summed E-state index contributed by atoms with van der Waals surface area (Å²) < 4.78 is 10.7. The molecule has 0 unspecified atom stereocenters. The topological polar surface area (TPSA) is 56.3 Å². The molecule has 2 rings (SSSR count). The third kappa shape index (κ3) is 3.99. The van der Waals surface area contributed by atoms with Gasteiger partial charge in [0.25, 0.3) is 0 Å². The molecule has 106 valence electrons. The number of benzene rings is 1. The lowest BCUT2D eigenvalue weighted by atomic mass is 10.3. The summed E-state index contributed by atoms with van der Waals surface area (Å²) in [7, 11) is 1.63. The number of nitrogens with zero attached hydrogens (tertiary/aromatic N) is 2. The van der Waals surface area contributed by atoms with Gasteiger partial charge in [0, 0.05) is 11.8 Å². The fourth-order valence-corrected chi connectivity index (χ4v) is 1.74. The molecule has 1 heterocycles. The standard InChI is InChI=1S/C14H16ClN3O2/c1-10-9-17-14(15)18-13(10)16-7-8-20-12-5-3-11(19-2)4-6-12/h3-6,9H,7-8H2,1-2H3,(H,16,17,18). The Kier molecular flexibility index (Phi) is 5.01. The summed E-state index contributed by atoms with van der Waals surface area (Å²) in [5.74, 6) is 2.33. The first-order valence-electron chi connectivity index (χ1n) is 6.19. The highest BCUT2D eigenvalue weighted by molar-refractivity contribution is 6.28. The fourth-order valence-electron chi connectivity index (χ4n) is 1.61. The predicted octanol–water partition coefficient (Wildman–Crippen LogP) is 2.94. The monoisotopic (exact) mass is 293 g/mol. The van der Waals surface area contributed by atoms with Crippen LogP contribution in [-0.2, 0) is 0 Å². The minimum atomic E-state index is 0.231. The highest BCUT2D eigenvalue weighted by Gasteiger charge is 2.01. The molecule has 6 heteroatoms. The number of nitrogens with one attached hydrogen (secondary N) is 1. The van der Waals surface area contributed by atoms with Crippen molar-refractivity contribution in [3.05, 3.63) is 41.3 Å². The number of aromatic nitrogens is 2. The first-order valence-corrected chi connectivity index (χ1v) is 6.56. The molecule has 0 aliphatic heterocycles. The Balaban J connectivity index is 1.79. The summed E-state index contributed by atoms with van der Waals surface area (Å²) in [6.07, 6.45) is 1.68. The Hall–Kier alpha value is -2.01. The Labute approximate surface area is 122 Å². The lowest BCUT2D eigenvalue weighted by Gasteiger charge is -2.10. The zero-order valence-corrected chi connectivity index (χ0v) is 12.1. The van der Waals surface area contributed by atoms with Crippen LogP contribution in [0.15, 0.2) is 30.5 Å². The molecule has 0 saturated carbocycles. The van der Waals surface area contributed by atoms with Crippen LogP contribution >= 0.6 is 11.6 Å². The third-order valence-electron chi connectivity index (χ3n) is 2.66. The van der Waals surface area contributed by atoms with E-state index in [1.54, 1.807) is 13.3 Å². The van der Waals surface area contributed by atoms with Gasteiger partial charge in [-0.1, -0.05) is 0 Å². The summed E-state index contributed by atoms with van der Waals surface area (Å²) in [6, 6.07) is 7.45. The normalized spacial score (nSPS) is 10.2. The van der Waals surface area contributed by atoms with Crippen LogP contribution in [0.25, 0.3) is 0 Å². The van der Waals surface area contributed by atoms with Gasteiger partial charge in [0.2, 0.25) is 5.28 Å². The summed E-state index contributed by atoms with van der Waals surface area (Å²) >= 11 is 5.75. The number of anilines is 1. The van der Waals surface area contributed by atoms with E-state index in [1.807, 2.05) is 31.2 Å². The summed E-state index contributed by atoms with van der Waals surface area (Å²) in [5.41, 5.74) is 0.943.